The Morgan fingerprint density at radius 3 is 1.79 bits per heavy atom. The van der Waals surface area contributed by atoms with E-state index in [2.05, 4.69) is 0 Å². The molecule has 14 heavy (non-hydrogen) atoms. The Morgan fingerprint density at radius 2 is 1.57 bits per heavy atom. The third-order valence-electron chi connectivity index (χ3n) is 0.888. The number of carbonyl (C=O) groups is 1. The summed E-state index contributed by atoms with van der Waals surface area (Å²) in [5.41, 5.74) is 0. The molecule has 1 radical (unpaired) electrons. The van der Waals surface area contributed by atoms with Crippen molar-refractivity contribution < 1.29 is 53.3 Å². The predicted molar refractivity (Wildman–Crippen MR) is 27.8 cm³/mol. The zero-order valence-corrected chi connectivity index (χ0v) is 6.94. The monoisotopic (exact) mass is 271 g/mol. The maximum atomic E-state index is 12.0. The second kappa shape index (κ2) is 5.25. The van der Waals surface area contributed by atoms with Crippen molar-refractivity contribution in [2.75, 3.05) is 0 Å². The third kappa shape index (κ3) is 4.01. The van der Waals surface area contributed by atoms with E-state index in [1.807, 2.05) is 0 Å². The van der Waals surface area contributed by atoms with Crippen LogP contribution in [-0.4, -0.2) is 23.5 Å². The SMILES string of the molecule is O=C(/C(F)=C(\O)C(F)F)C(F)(F)F.[Cu]. The predicted octanol–water partition coefficient (Wildman–Crippen LogP) is 2.12. The first-order valence-electron chi connectivity index (χ1n) is 2.66. The van der Waals surface area contributed by atoms with Gasteiger partial charge in [-0.05, 0) is 0 Å². The molecule has 0 fully saturated rings. The number of aliphatic hydroxyl groups excluding tert-OH is 1. The molecule has 0 saturated heterocycles. The van der Waals surface area contributed by atoms with E-state index < -0.39 is 30.0 Å². The molecule has 0 unspecified atom stereocenters. The molecule has 0 spiro atoms. The second-order valence-electron chi connectivity index (χ2n) is 1.83. The number of Topliss-reactive ketones (excluding diaryl/α,β-unsaturated/α-hetero) is 1. The van der Waals surface area contributed by atoms with Gasteiger partial charge >= 0.3 is 6.18 Å². The molecule has 0 atom stereocenters. The summed E-state index contributed by atoms with van der Waals surface area (Å²) in [6.45, 7) is 0. The average molecular weight is 272 g/mol. The minimum absolute atomic E-state index is 0. The molecule has 0 bridgehead atoms. The van der Waals surface area contributed by atoms with Crippen LogP contribution >= 0.6 is 0 Å². The molecule has 0 aliphatic heterocycles. The van der Waals surface area contributed by atoms with E-state index >= 15 is 0 Å². The molecule has 0 aromatic rings. The summed E-state index contributed by atoms with van der Waals surface area (Å²) >= 11 is 0. The van der Waals surface area contributed by atoms with Gasteiger partial charge in [-0.2, -0.15) is 17.6 Å². The fourth-order valence-corrected chi connectivity index (χ4v) is 0.337. The van der Waals surface area contributed by atoms with Gasteiger partial charge in [0.05, 0.1) is 0 Å². The molecule has 2 nitrogen and oxygen atoms in total. The van der Waals surface area contributed by atoms with Crippen molar-refractivity contribution in [1.29, 1.82) is 0 Å². The van der Waals surface area contributed by atoms with Gasteiger partial charge in [-0.25, -0.2) is 8.78 Å². The second-order valence-corrected chi connectivity index (χ2v) is 1.83. The smallest absolute Gasteiger partial charge is 0.457 e. The number of hydrogen-bond acceptors (Lipinski definition) is 2. The van der Waals surface area contributed by atoms with Gasteiger partial charge in [-0.3, -0.25) is 4.79 Å². The third-order valence-corrected chi connectivity index (χ3v) is 0.888. The summed E-state index contributed by atoms with van der Waals surface area (Å²) < 4.78 is 68.8. The Kier molecular flexibility index (Phi) is 5.92. The van der Waals surface area contributed by atoms with E-state index in [0.717, 1.165) is 0 Å². The molecule has 9 heteroatoms. The molecule has 0 aliphatic rings. The molecule has 0 aromatic carbocycles. The molecule has 0 aliphatic carbocycles. The normalized spacial score (nSPS) is 13.4. The number of alkyl halides is 5. The maximum Gasteiger partial charge on any atom is 0.457 e. The van der Waals surface area contributed by atoms with Crippen molar-refractivity contribution in [2.24, 2.45) is 0 Å². The molecule has 0 rings (SSSR count). The minimum atomic E-state index is -5.62. The van der Waals surface area contributed by atoms with Gasteiger partial charge in [0.2, 0.25) is 5.83 Å². The Bertz CT molecular complexity index is 245. The molecular weight excluding hydrogens is 270 g/mol. The van der Waals surface area contributed by atoms with Gasteiger partial charge in [0.1, 0.15) is 0 Å². The van der Waals surface area contributed by atoms with Crippen LogP contribution in [0, 0.1) is 0 Å². The Hall–Kier alpha value is -0.691. The Balaban J connectivity index is 0. The number of ketones is 1. The molecule has 1 N–H and O–H groups in total. The van der Waals surface area contributed by atoms with Crippen LogP contribution in [0.3, 0.4) is 0 Å². The summed E-state index contributed by atoms with van der Waals surface area (Å²) in [5, 5.41) is 7.96. The van der Waals surface area contributed by atoms with Crippen LogP contribution in [0.4, 0.5) is 26.3 Å². The van der Waals surface area contributed by atoms with Gasteiger partial charge in [-0.15, -0.1) is 0 Å². The first-order chi connectivity index (χ1) is 5.68. The van der Waals surface area contributed by atoms with Crippen LogP contribution in [0.15, 0.2) is 11.6 Å². The van der Waals surface area contributed by atoms with Crippen molar-refractivity contribution in [3.63, 3.8) is 0 Å². The van der Waals surface area contributed by atoms with E-state index in [-0.39, 0.29) is 17.1 Å². The summed E-state index contributed by atoms with van der Waals surface area (Å²) in [5.74, 6) is -8.53. The van der Waals surface area contributed by atoms with Crippen molar-refractivity contribution in [1.82, 2.24) is 0 Å². The first kappa shape index (κ1) is 15.8. The molecule has 0 aromatic heterocycles. The summed E-state index contributed by atoms with van der Waals surface area (Å²) in [6, 6.07) is 0. The van der Waals surface area contributed by atoms with Crippen molar-refractivity contribution >= 4 is 5.78 Å². The summed E-state index contributed by atoms with van der Waals surface area (Å²) in [6.07, 6.45) is -9.47. The van der Waals surface area contributed by atoms with E-state index in [1.54, 1.807) is 0 Å². The van der Waals surface area contributed by atoms with Gasteiger partial charge in [0.15, 0.2) is 5.76 Å². The number of rotatable bonds is 2. The molecule has 0 heterocycles. The topological polar surface area (TPSA) is 37.3 Å². The molecule has 0 amide bonds. The minimum Gasteiger partial charge on any atom is -0.504 e. The van der Waals surface area contributed by atoms with Crippen LogP contribution in [0.5, 0.6) is 0 Å². The van der Waals surface area contributed by atoms with Crippen LogP contribution in [0.2, 0.25) is 0 Å². The fraction of sp³-hybridized carbons (Fsp3) is 0.400. The summed E-state index contributed by atoms with van der Waals surface area (Å²) in [4.78, 5) is 9.86. The zero-order valence-electron chi connectivity index (χ0n) is 6.00. The van der Waals surface area contributed by atoms with Gasteiger partial charge in [0, 0.05) is 17.1 Å². The molecule has 87 valence electrons. The fourth-order valence-electron chi connectivity index (χ4n) is 0.337. The summed E-state index contributed by atoms with van der Waals surface area (Å²) in [7, 11) is 0. The Labute approximate surface area is 84.1 Å². The molecular formula is C5H2CuF6O2. The van der Waals surface area contributed by atoms with Crippen molar-refractivity contribution in [3.8, 4) is 0 Å². The average Bonchev–Trinajstić information content (AvgIpc) is 1.98. The van der Waals surface area contributed by atoms with E-state index in [4.69, 9.17) is 5.11 Å². The van der Waals surface area contributed by atoms with Crippen molar-refractivity contribution in [3.05, 3.63) is 11.6 Å². The van der Waals surface area contributed by atoms with Gasteiger partial charge in [-0.1, -0.05) is 0 Å². The Morgan fingerprint density at radius 1 is 1.21 bits per heavy atom. The largest absolute Gasteiger partial charge is 0.504 e. The first-order valence-corrected chi connectivity index (χ1v) is 2.66. The van der Waals surface area contributed by atoms with Gasteiger partial charge in [0.25, 0.3) is 12.2 Å². The van der Waals surface area contributed by atoms with Crippen LogP contribution in [0.1, 0.15) is 0 Å². The zero-order chi connectivity index (χ0) is 10.8. The van der Waals surface area contributed by atoms with E-state index in [0.29, 0.717) is 0 Å². The molecule has 0 saturated carbocycles. The standard InChI is InChI=1S/C5H2F6O2.Cu/c6-1(2(12)4(7)8)3(13)5(9,10)11;/h4,12H;/b2-1+;. The van der Waals surface area contributed by atoms with Crippen LogP contribution < -0.4 is 0 Å². The van der Waals surface area contributed by atoms with Crippen LogP contribution in [0.25, 0.3) is 0 Å². The number of allylic oxidation sites excluding steroid dienone is 2. The maximum absolute atomic E-state index is 12.0. The number of carbonyl (C=O) groups excluding carboxylic acids is 1. The van der Waals surface area contributed by atoms with Crippen LogP contribution in [-0.2, 0) is 21.9 Å². The van der Waals surface area contributed by atoms with Crippen molar-refractivity contribution in [2.45, 2.75) is 12.6 Å². The number of halogens is 6. The number of aliphatic hydroxyl groups is 1. The van der Waals surface area contributed by atoms with Gasteiger partial charge < -0.3 is 5.11 Å². The van der Waals surface area contributed by atoms with E-state index in [1.165, 1.54) is 0 Å². The number of hydrogen-bond donors (Lipinski definition) is 1. The van der Waals surface area contributed by atoms with E-state index in [9.17, 15) is 31.1 Å². The quantitative estimate of drug-likeness (QED) is 0.361.